The van der Waals surface area contributed by atoms with Gasteiger partial charge in [0, 0.05) is 6.42 Å². The van der Waals surface area contributed by atoms with Crippen molar-refractivity contribution >= 4 is 29.1 Å². The molecule has 1 aromatic carbocycles. The van der Waals surface area contributed by atoms with Crippen LogP contribution in [0.2, 0.25) is 0 Å². The first-order valence-corrected chi connectivity index (χ1v) is 7.73. The summed E-state index contributed by atoms with van der Waals surface area (Å²) in [6.07, 6.45) is -0.295. The Kier molecular flexibility index (Phi) is 5.13. The lowest BCUT2D eigenvalue weighted by Gasteiger charge is -2.24. The molecule has 0 fully saturated rings. The second kappa shape index (κ2) is 7.06. The summed E-state index contributed by atoms with van der Waals surface area (Å²) in [7, 11) is 0. The minimum atomic E-state index is -1.38. The Morgan fingerprint density at radius 2 is 1.78 bits per heavy atom. The van der Waals surface area contributed by atoms with Crippen LogP contribution in [0.5, 0.6) is 0 Å². The van der Waals surface area contributed by atoms with E-state index in [1.54, 1.807) is 47.8 Å². The Morgan fingerprint density at radius 3 is 2.35 bits per heavy atom. The molecule has 0 bridgehead atoms. The molecule has 2 amide bonds. The molecule has 0 aliphatic rings. The maximum absolute atomic E-state index is 12.0. The predicted molar refractivity (Wildman–Crippen MR) is 86.0 cm³/mol. The molecular weight excluding hydrogens is 316 g/mol. The van der Waals surface area contributed by atoms with Gasteiger partial charge in [0.1, 0.15) is 0 Å². The fourth-order valence-electron chi connectivity index (χ4n) is 2.07. The number of carboxylic acid groups (broad SMARTS) is 1. The maximum atomic E-state index is 12.0. The van der Waals surface area contributed by atoms with Gasteiger partial charge in [-0.3, -0.25) is 25.2 Å². The summed E-state index contributed by atoms with van der Waals surface area (Å²) in [4.78, 5) is 35.8. The second-order valence-corrected chi connectivity index (χ2v) is 6.11. The molecule has 0 radical (unpaired) electrons. The molecule has 0 aliphatic heterocycles. The minimum Gasteiger partial charge on any atom is -0.481 e. The van der Waals surface area contributed by atoms with Crippen LogP contribution in [0.25, 0.3) is 0 Å². The number of thiophene rings is 1. The summed E-state index contributed by atoms with van der Waals surface area (Å²) in [6.45, 7) is 1.48. The van der Waals surface area contributed by atoms with E-state index < -0.39 is 23.2 Å². The Labute approximate surface area is 137 Å². The molecule has 23 heavy (non-hydrogen) atoms. The molecule has 1 heterocycles. The highest BCUT2D eigenvalue weighted by Gasteiger charge is 2.37. The van der Waals surface area contributed by atoms with Crippen LogP contribution < -0.4 is 10.9 Å². The summed E-state index contributed by atoms with van der Waals surface area (Å²) in [5.74, 6) is -2.13. The standard InChI is InChI=1S/C16H16N2O4S/c1-16(15(21)22,11-6-3-2-4-7-11)10-13(19)17-18-14(20)12-8-5-9-23-12/h2-9H,10H2,1H3,(H,17,19)(H,18,20)(H,21,22). The van der Waals surface area contributed by atoms with E-state index in [1.807, 2.05) is 0 Å². The normalized spacial score (nSPS) is 12.9. The first-order valence-electron chi connectivity index (χ1n) is 6.85. The van der Waals surface area contributed by atoms with Crippen LogP contribution in [0, 0.1) is 0 Å². The van der Waals surface area contributed by atoms with Gasteiger partial charge in [0.15, 0.2) is 0 Å². The highest BCUT2D eigenvalue weighted by Crippen LogP contribution is 2.27. The molecule has 7 heteroatoms. The van der Waals surface area contributed by atoms with E-state index >= 15 is 0 Å². The molecule has 1 aromatic heterocycles. The van der Waals surface area contributed by atoms with E-state index in [2.05, 4.69) is 10.9 Å². The zero-order valence-electron chi connectivity index (χ0n) is 12.4. The van der Waals surface area contributed by atoms with Gasteiger partial charge in [0.05, 0.1) is 10.3 Å². The van der Waals surface area contributed by atoms with Crippen molar-refractivity contribution in [2.45, 2.75) is 18.8 Å². The van der Waals surface area contributed by atoms with Crippen LogP contribution in [0.4, 0.5) is 0 Å². The number of hydrogen-bond acceptors (Lipinski definition) is 4. The Balaban J connectivity index is 2.02. The lowest BCUT2D eigenvalue weighted by Crippen LogP contribution is -2.45. The van der Waals surface area contributed by atoms with Gasteiger partial charge >= 0.3 is 5.97 Å². The van der Waals surface area contributed by atoms with Crippen molar-refractivity contribution in [3.8, 4) is 0 Å². The third-order valence-corrected chi connectivity index (χ3v) is 4.33. The van der Waals surface area contributed by atoms with Crippen molar-refractivity contribution in [1.29, 1.82) is 0 Å². The highest BCUT2D eigenvalue weighted by atomic mass is 32.1. The van der Waals surface area contributed by atoms with Gasteiger partial charge in [-0.15, -0.1) is 11.3 Å². The number of benzene rings is 1. The molecule has 2 aromatic rings. The average Bonchev–Trinajstić information content (AvgIpc) is 3.07. The predicted octanol–water partition coefficient (Wildman–Crippen LogP) is 1.94. The summed E-state index contributed by atoms with van der Waals surface area (Å²) >= 11 is 1.24. The molecular formula is C16H16N2O4S. The van der Waals surface area contributed by atoms with Crippen molar-refractivity contribution in [2.75, 3.05) is 0 Å². The van der Waals surface area contributed by atoms with Crippen molar-refractivity contribution in [1.82, 2.24) is 10.9 Å². The van der Waals surface area contributed by atoms with Crippen molar-refractivity contribution < 1.29 is 19.5 Å². The minimum absolute atomic E-state index is 0.295. The van der Waals surface area contributed by atoms with Gasteiger partial charge in [-0.2, -0.15) is 0 Å². The molecule has 2 rings (SSSR count). The van der Waals surface area contributed by atoms with Crippen LogP contribution >= 0.6 is 11.3 Å². The summed E-state index contributed by atoms with van der Waals surface area (Å²) in [5.41, 5.74) is 3.68. The second-order valence-electron chi connectivity index (χ2n) is 5.16. The Morgan fingerprint density at radius 1 is 1.09 bits per heavy atom. The number of rotatable bonds is 5. The maximum Gasteiger partial charge on any atom is 0.314 e. The number of carboxylic acids is 1. The van der Waals surface area contributed by atoms with Gasteiger partial charge in [0.25, 0.3) is 5.91 Å². The molecule has 1 unspecified atom stereocenters. The van der Waals surface area contributed by atoms with Crippen molar-refractivity contribution in [2.24, 2.45) is 0 Å². The fraction of sp³-hybridized carbons (Fsp3) is 0.188. The zero-order valence-corrected chi connectivity index (χ0v) is 13.2. The summed E-state index contributed by atoms with van der Waals surface area (Å²) < 4.78 is 0. The Hall–Kier alpha value is -2.67. The number of aliphatic carboxylic acids is 1. The molecule has 0 saturated carbocycles. The van der Waals surface area contributed by atoms with Gasteiger partial charge in [-0.05, 0) is 23.9 Å². The molecule has 1 atom stereocenters. The lowest BCUT2D eigenvalue weighted by atomic mass is 9.79. The van der Waals surface area contributed by atoms with E-state index in [-0.39, 0.29) is 6.42 Å². The number of carbonyl (C=O) groups excluding carboxylic acids is 2. The third-order valence-electron chi connectivity index (χ3n) is 3.46. The fourth-order valence-corrected chi connectivity index (χ4v) is 2.69. The van der Waals surface area contributed by atoms with Gasteiger partial charge < -0.3 is 5.11 Å². The quantitative estimate of drug-likeness (QED) is 0.729. The largest absolute Gasteiger partial charge is 0.481 e. The first kappa shape index (κ1) is 16.7. The lowest BCUT2D eigenvalue weighted by molar-refractivity contribution is -0.145. The smallest absolute Gasteiger partial charge is 0.314 e. The number of amides is 2. The van der Waals surface area contributed by atoms with Crippen LogP contribution in [-0.4, -0.2) is 22.9 Å². The summed E-state index contributed by atoms with van der Waals surface area (Å²) in [6, 6.07) is 11.9. The van der Waals surface area contributed by atoms with Crippen LogP contribution in [0.15, 0.2) is 47.8 Å². The number of nitrogens with one attached hydrogen (secondary N) is 2. The monoisotopic (exact) mass is 332 g/mol. The van der Waals surface area contributed by atoms with Gasteiger partial charge in [0.2, 0.25) is 5.91 Å². The molecule has 0 aliphatic carbocycles. The molecule has 3 N–H and O–H groups in total. The third kappa shape index (κ3) is 3.95. The van der Waals surface area contributed by atoms with Crippen LogP contribution in [-0.2, 0) is 15.0 Å². The van der Waals surface area contributed by atoms with Crippen molar-refractivity contribution in [3.05, 3.63) is 58.3 Å². The SMILES string of the molecule is CC(CC(=O)NNC(=O)c1cccs1)(C(=O)O)c1ccccc1. The van der Waals surface area contributed by atoms with Gasteiger partial charge in [-0.1, -0.05) is 36.4 Å². The molecule has 0 spiro atoms. The van der Waals surface area contributed by atoms with Crippen LogP contribution in [0.1, 0.15) is 28.6 Å². The van der Waals surface area contributed by atoms with E-state index in [4.69, 9.17) is 0 Å². The van der Waals surface area contributed by atoms with E-state index in [1.165, 1.54) is 18.3 Å². The topological polar surface area (TPSA) is 95.5 Å². The highest BCUT2D eigenvalue weighted by molar-refractivity contribution is 7.12. The zero-order chi connectivity index (χ0) is 16.9. The molecule has 0 saturated heterocycles. The summed E-state index contributed by atoms with van der Waals surface area (Å²) in [5, 5.41) is 11.2. The van der Waals surface area contributed by atoms with Gasteiger partial charge in [-0.25, -0.2) is 0 Å². The van der Waals surface area contributed by atoms with Crippen LogP contribution in [0.3, 0.4) is 0 Å². The first-order chi connectivity index (χ1) is 10.9. The number of hydrogen-bond donors (Lipinski definition) is 3. The molecule has 6 nitrogen and oxygen atoms in total. The number of hydrazine groups is 1. The van der Waals surface area contributed by atoms with E-state index in [0.29, 0.717) is 10.4 Å². The van der Waals surface area contributed by atoms with E-state index in [0.717, 1.165) is 0 Å². The Bertz CT molecular complexity index is 700. The van der Waals surface area contributed by atoms with Crippen molar-refractivity contribution in [3.63, 3.8) is 0 Å². The molecule has 120 valence electrons. The average molecular weight is 332 g/mol. The number of carbonyl (C=O) groups is 3. The van der Waals surface area contributed by atoms with E-state index in [9.17, 15) is 19.5 Å².